The number of aliphatic hydroxyl groups is 1. The number of ether oxygens (including phenoxy) is 4. The lowest BCUT2D eigenvalue weighted by Crippen LogP contribution is -2.30. The number of hydrogen-bond acceptors (Lipinski definition) is 15. The lowest BCUT2D eigenvalue weighted by atomic mass is 9.99. The zero-order valence-corrected chi connectivity index (χ0v) is 60.2. The van der Waals surface area contributed by atoms with Crippen LogP contribution in [0.3, 0.4) is 0 Å². The molecule has 3 N–H and O–H groups in total. The number of carbonyl (C=O) groups is 4. The highest BCUT2D eigenvalue weighted by Gasteiger charge is 2.30. The average Bonchev–Trinajstić information content (AvgIpc) is 3.73. The largest absolute Gasteiger partial charge is 0.472 e. The van der Waals surface area contributed by atoms with E-state index in [1.807, 2.05) is 0 Å². The molecular formula is C71H138O17P2. The number of unbranched alkanes of at least 4 members (excludes halogenated alkanes) is 39. The number of esters is 4. The van der Waals surface area contributed by atoms with Crippen molar-refractivity contribution in [2.45, 2.75) is 381 Å². The summed E-state index contributed by atoms with van der Waals surface area (Å²) in [6, 6.07) is 0. The van der Waals surface area contributed by atoms with Gasteiger partial charge in [0.15, 0.2) is 12.2 Å². The molecule has 0 aliphatic carbocycles. The Balaban J connectivity index is 5.09. The van der Waals surface area contributed by atoms with E-state index in [9.17, 15) is 43.2 Å². The molecule has 0 amide bonds. The number of hydrogen-bond donors (Lipinski definition) is 3. The highest BCUT2D eigenvalue weighted by atomic mass is 31.2. The van der Waals surface area contributed by atoms with Crippen molar-refractivity contribution in [2.24, 2.45) is 11.8 Å². The lowest BCUT2D eigenvalue weighted by molar-refractivity contribution is -0.161. The SMILES string of the molecule is CCCCCCCCCCCCCCCCCCCCCCCCC(=O)O[C@H](COC(=O)CCCCCCCCCCC(C)CC)COP(=O)(O)OC[C@@H](O)COP(=O)(O)OC[C@@H](COC(=O)CCCCCCC)OC(=O)CCCCCCCCCCC(C)C. The Hall–Kier alpha value is -1.94. The van der Waals surface area contributed by atoms with Gasteiger partial charge in [0.25, 0.3) is 0 Å². The first-order valence-corrected chi connectivity index (χ1v) is 40.0. The molecule has 0 saturated carbocycles. The molecule has 17 nitrogen and oxygen atoms in total. The van der Waals surface area contributed by atoms with E-state index >= 15 is 0 Å². The molecule has 0 aromatic carbocycles. The number of phosphoric acid groups is 2. The van der Waals surface area contributed by atoms with Gasteiger partial charge < -0.3 is 33.8 Å². The second kappa shape index (κ2) is 63.1. The van der Waals surface area contributed by atoms with E-state index in [2.05, 4.69) is 41.5 Å². The summed E-state index contributed by atoms with van der Waals surface area (Å²) in [6.07, 6.45) is 49.2. The first kappa shape index (κ1) is 88.1. The van der Waals surface area contributed by atoms with Crippen LogP contribution in [0.2, 0.25) is 0 Å². The molecule has 0 rings (SSSR count). The predicted octanol–water partition coefficient (Wildman–Crippen LogP) is 20.4. The van der Waals surface area contributed by atoms with Crippen LogP contribution in [0.5, 0.6) is 0 Å². The Morgan fingerprint density at radius 2 is 0.567 bits per heavy atom. The highest BCUT2D eigenvalue weighted by Crippen LogP contribution is 2.45. The van der Waals surface area contributed by atoms with Gasteiger partial charge in [0.1, 0.15) is 19.3 Å². The first-order chi connectivity index (χ1) is 43.4. The van der Waals surface area contributed by atoms with Crippen LogP contribution in [0.4, 0.5) is 0 Å². The minimum Gasteiger partial charge on any atom is -0.462 e. The summed E-state index contributed by atoms with van der Waals surface area (Å²) < 4.78 is 68.0. The van der Waals surface area contributed by atoms with Crippen LogP contribution < -0.4 is 0 Å². The van der Waals surface area contributed by atoms with Crippen molar-refractivity contribution >= 4 is 39.5 Å². The molecule has 3 unspecified atom stereocenters. The van der Waals surface area contributed by atoms with Gasteiger partial charge in [0, 0.05) is 25.7 Å². The average molecular weight is 1330 g/mol. The minimum absolute atomic E-state index is 0.103. The van der Waals surface area contributed by atoms with Gasteiger partial charge in [-0.1, -0.05) is 311 Å². The van der Waals surface area contributed by atoms with E-state index in [0.717, 1.165) is 108 Å². The molecule has 0 aromatic heterocycles. The Kier molecular flexibility index (Phi) is 61.8. The molecule has 0 bridgehead atoms. The van der Waals surface area contributed by atoms with Crippen LogP contribution >= 0.6 is 15.6 Å². The fourth-order valence-electron chi connectivity index (χ4n) is 10.7. The predicted molar refractivity (Wildman–Crippen MR) is 363 cm³/mol. The van der Waals surface area contributed by atoms with Crippen LogP contribution in [0, 0.1) is 11.8 Å². The zero-order chi connectivity index (χ0) is 66.5. The van der Waals surface area contributed by atoms with Crippen molar-refractivity contribution in [1.29, 1.82) is 0 Å². The van der Waals surface area contributed by atoms with E-state index in [4.69, 9.17) is 37.0 Å². The molecule has 0 heterocycles. The van der Waals surface area contributed by atoms with Crippen molar-refractivity contribution in [3.05, 3.63) is 0 Å². The Morgan fingerprint density at radius 1 is 0.322 bits per heavy atom. The third kappa shape index (κ3) is 63.5. The van der Waals surface area contributed by atoms with Crippen LogP contribution in [-0.2, 0) is 65.4 Å². The number of phosphoric ester groups is 2. The van der Waals surface area contributed by atoms with Crippen LogP contribution in [-0.4, -0.2) is 96.7 Å². The van der Waals surface area contributed by atoms with Crippen molar-refractivity contribution in [3.63, 3.8) is 0 Å². The molecular weight excluding hydrogens is 1190 g/mol. The summed E-state index contributed by atoms with van der Waals surface area (Å²) in [4.78, 5) is 72.2. The van der Waals surface area contributed by atoms with Gasteiger partial charge >= 0.3 is 39.5 Å². The normalized spacial score (nSPS) is 14.4. The van der Waals surface area contributed by atoms with Crippen molar-refractivity contribution in [3.8, 4) is 0 Å². The Bertz CT molecular complexity index is 1750. The summed E-state index contributed by atoms with van der Waals surface area (Å²) in [7, 11) is -9.89. The maximum absolute atomic E-state index is 13.0. The zero-order valence-electron chi connectivity index (χ0n) is 58.4. The third-order valence-corrected chi connectivity index (χ3v) is 18.7. The van der Waals surface area contributed by atoms with Gasteiger partial charge in [-0.3, -0.25) is 37.3 Å². The van der Waals surface area contributed by atoms with Crippen LogP contribution in [0.25, 0.3) is 0 Å². The van der Waals surface area contributed by atoms with Gasteiger partial charge in [-0.2, -0.15) is 0 Å². The highest BCUT2D eigenvalue weighted by molar-refractivity contribution is 7.47. The molecule has 0 fully saturated rings. The summed E-state index contributed by atoms with van der Waals surface area (Å²) in [6.45, 7) is 9.41. The van der Waals surface area contributed by atoms with Crippen molar-refractivity contribution < 1.29 is 80.2 Å². The van der Waals surface area contributed by atoms with Gasteiger partial charge in [0.05, 0.1) is 26.4 Å². The van der Waals surface area contributed by atoms with E-state index in [1.165, 1.54) is 173 Å². The van der Waals surface area contributed by atoms with Gasteiger partial charge in [-0.05, 0) is 37.5 Å². The Labute approximate surface area is 549 Å². The molecule has 0 aliphatic heterocycles. The molecule has 0 radical (unpaired) electrons. The van der Waals surface area contributed by atoms with Crippen LogP contribution in [0.1, 0.15) is 363 Å². The maximum atomic E-state index is 13.0. The molecule has 6 atom stereocenters. The fraction of sp³-hybridized carbons (Fsp3) is 0.944. The van der Waals surface area contributed by atoms with Gasteiger partial charge in [0.2, 0.25) is 0 Å². The minimum atomic E-state index is -4.95. The van der Waals surface area contributed by atoms with Gasteiger partial charge in [-0.15, -0.1) is 0 Å². The topological polar surface area (TPSA) is 237 Å². The van der Waals surface area contributed by atoms with E-state index in [0.29, 0.717) is 25.7 Å². The maximum Gasteiger partial charge on any atom is 0.472 e. The number of aliphatic hydroxyl groups excluding tert-OH is 1. The van der Waals surface area contributed by atoms with E-state index in [-0.39, 0.29) is 25.7 Å². The standard InChI is InChI=1S/C71H138O17P2/c1-7-10-12-14-15-16-17-18-19-20-21-22-23-24-25-26-27-28-29-37-43-49-55-70(75)88-67(60-82-69(74)54-48-42-36-33-31-35-41-46-52-64(6)9-3)62-86-90(79,80)84-58-65(72)57-83-89(77,78)85-61-66(59-81-68(73)53-47-39-13-11-8-2)87-71(76)56-50-44-38-32-30-34-40-45-51-63(4)5/h63-67,72H,7-62H2,1-6H3,(H,77,78)(H,79,80)/t64?,65-,66+,67+/m0/s1. The molecule has 19 heteroatoms. The van der Waals surface area contributed by atoms with Crippen LogP contribution in [0.15, 0.2) is 0 Å². The monoisotopic (exact) mass is 1320 g/mol. The second-order valence-electron chi connectivity index (χ2n) is 26.3. The van der Waals surface area contributed by atoms with Crippen molar-refractivity contribution in [1.82, 2.24) is 0 Å². The quantitative estimate of drug-likeness (QED) is 0.0222. The van der Waals surface area contributed by atoms with E-state index < -0.39 is 97.5 Å². The Morgan fingerprint density at radius 3 is 0.844 bits per heavy atom. The molecule has 534 valence electrons. The first-order valence-electron chi connectivity index (χ1n) is 37.0. The third-order valence-electron chi connectivity index (χ3n) is 16.8. The molecule has 0 aromatic rings. The summed E-state index contributed by atoms with van der Waals surface area (Å²) >= 11 is 0. The van der Waals surface area contributed by atoms with E-state index in [1.54, 1.807) is 0 Å². The molecule has 90 heavy (non-hydrogen) atoms. The van der Waals surface area contributed by atoms with Gasteiger partial charge in [-0.25, -0.2) is 9.13 Å². The smallest absolute Gasteiger partial charge is 0.462 e. The number of carbonyl (C=O) groups excluding carboxylic acids is 4. The second-order valence-corrected chi connectivity index (χ2v) is 29.3. The summed E-state index contributed by atoms with van der Waals surface area (Å²) in [5.74, 6) is -0.642. The van der Waals surface area contributed by atoms with Crippen molar-refractivity contribution in [2.75, 3.05) is 39.6 Å². The summed E-state index contributed by atoms with van der Waals surface area (Å²) in [5, 5.41) is 10.6. The summed E-state index contributed by atoms with van der Waals surface area (Å²) in [5.41, 5.74) is 0. The molecule has 0 aliphatic rings. The number of rotatable bonds is 70. The molecule has 0 saturated heterocycles. The lowest BCUT2D eigenvalue weighted by Gasteiger charge is -2.21. The molecule has 0 spiro atoms. The fourth-order valence-corrected chi connectivity index (χ4v) is 12.3.